The fourth-order valence-electron chi connectivity index (χ4n) is 1.30. The standard InChI is InChI=1S/C11H9F5O3/c1-2-9(17)6-3-7(18-10(12)13)5-8(4-6)19-11(14,15)16/h3-5,10H,2H2,1H3. The lowest BCUT2D eigenvalue weighted by molar-refractivity contribution is -0.274. The van der Waals surface area contributed by atoms with Crippen molar-refractivity contribution >= 4 is 5.78 Å². The predicted octanol–water partition coefficient (Wildman–Crippen LogP) is 3.78. The van der Waals surface area contributed by atoms with Crippen LogP contribution < -0.4 is 9.47 Å². The number of hydrogen-bond donors (Lipinski definition) is 0. The van der Waals surface area contributed by atoms with Gasteiger partial charge >= 0.3 is 13.0 Å². The van der Waals surface area contributed by atoms with E-state index in [2.05, 4.69) is 9.47 Å². The summed E-state index contributed by atoms with van der Waals surface area (Å²) < 4.78 is 67.8. The van der Waals surface area contributed by atoms with E-state index >= 15 is 0 Å². The molecule has 0 unspecified atom stereocenters. The van der Waals surface area contributed by atoms with E-state index in [9.17, 15) is 26.7 Å². The Morgan fingerprint density at radius 1 is 1.21 bits per heavy atom. The molecule has 0 radical (unpaired) electrons. The highest BCUT2D eigenvalue weighted by molar-refractivity contribution is 5.96. The van der Waals surface area contributed by atoms with E-state index in [1.54, 1.807) is 0 Å². The van der Waals surface area contributed by atoms with Crippen LogP contribution in [-0.2, 0) is 0 Å². The summed E-state index contributed by atoms with van der Waals surface area (Å²) in [7, 11) is 0. The Hall–Kier alpha value is -1.86. The van der Waals surface area contributed by atoms with Crippen LogP contribution in [0.2, 0.25) is 0 Å². The first kappa shape index (κ1) is 15.2. The van der Waals surface area contributed by atoms with Crippen molar-refractivity contribution in [3.63, 3.8) is 0 Å². The van der Waals surface area contributed by atoms with Crippen molar-refractivity contribution in [2.24, 2.45) is 0 Å². The zero-order valence-electron chi connectivity index (χ0n) is 9.63. The zero-order valence-corrected chi connectivity index (χ0v) is 9.63. The molecule has 0 aromatic heterocycles. The van der Waals surface area contributed by atoms with E-state index in [4.69, 9.17) is 0 Å². The monoisotopic (exact) mass is 284 g/mol. The van der Waals surface area contributed by atoms with Gasteiger partial charge < -0.3 is 9.47 Å². The van der Waals surface area contributed by atoms with Crippen LogP contribution in [0.1, 0.15) is 23.7 Å². The molecule has 19 heavy (non-hydrogen) atoms. The second kappa shape index (κ2) is 5.85. The van der Waals surface area contributed by atoms with E-state index < -0.39 is 30.3 Å². The van der Waals surface area contributed by atoms with Gasteiger partial charge in [0.15, 0.2) is 5.78 Å². The average molecular weight is 284 g/mol. The Labute approximate surface area is 104 Å². The Bertz CT molecular complexity index is 456. The van der Waals surface area contributed by atoms with Crippen molar-refractivity contribution in [1.29, 1.82) is 0 Å². The van der Waals surface area contributed by atoms with Gasteiger partial charge in [0.1, 0.15) is 11.5 Å². The fraction of sp³-hybridized carbons (Fsp3) is 0.364. The second-order valence-electron chi connectivity index (χ2n) is 3.40. The Morgan fingerprint density at radius 2 is 1.79 bits per heavy atom. The molecule has 1 aromatic carbocycles. The predicted molar refractivity (Wildman–Crippen MR) is 54.4 cm³/mol. The molecule has 0 atom stereocenters. The number of carbonyl (C=O) groups is 1. The summed E-state index contributed by atoms with van der Waals surface area (Å²) >= 11 is 0. The molecule has 0 saturated heterocycles. The van der Waals surface area contributed by atoms with Crippen molar-refractivity contribution < 1.29 is 36.2 Å². The average Bonchev–Trinajstić information content (AvgIpc) is 2.24. The van der Waals surface area contributed by atoms with Gasteiger partial charge in [-0.05, 0) is 12.1 Å². The van der Waals surface area contributed by atoms with Crippen molar-refractivity contribution in [3.05, 3.63) is 23.8 Å². The lowest BCUT2D eigenvalue weighted by atomic mass is 10.1. The number of Topliss-reactive ketones (excluding diaryl/α,β-unsaturated/α-hetero) is 1. The van der Waals surface area contributed by atoms with E-state index in [1.807, 2.05) is 0 Å². The van der Waals surface area contributed by atoms with Crippen LogP contribution in [0.15, 0.2) is 18.2 Å². The summed E-state index contributed by atoms with van der Waals surface area (Å²) in [5.41, 5.74) is -0.195. The Morgan fingerprint density at radius 3 is 2.26 bits per heavy atom. The van der Waals surface area contributed by atoms with Gasteiger partial charge in [0.25, 0.3) is 0 Å². The number of rotatable bonds is 5. The highest BCUT2D eigenvalue weighted by atomic mass is 19.4. The van der Waals surface area contributed by atoms with Gasteiger partial charge in [0.2, 0.25) is 0 Å². The molecule has 0 aliphatic carbocycles. The van der Waals surface area contributed by atoms with Crippen molar-refractivity contribution in [1.82, 2.24) is 0 Å². The molecule has 0 N–H and O–H groups in total. The molecular formula is C11H9F5O3. The molecule has 1 aromatic rings. The molecule has 0 heterocycles. The molecule has 106 valence electrons. The summed E-state index contributed by atoms with van der Waals surface area (Å²) in [5, 5.41) is 0. The molecule has 3 nitrogen and oxygen atoms in total. The van der Waals surface area contributed by atoms with E-state index in [-0.39, 0.29) is 12.0 Å². The summed E-state index contributed by atoms with van der Waals surface area (Å²) in [6, 6.07) is 2.38. The third kappa shape index (κ3) is 5.11. The molecule has 8 heteroatoms. The molecule has 0 fully saturated rings. The molecular weight excluding hydrogens is 275 g/mol. The maximum Gasteiger partial charge on any atom is 0.573 e. The van der Waals surface area contributed by atoms with Crippen molar-refractivity contribution in [2.75, 3.05) is 0 Å². The van der Waals surface area contributed by atoms with Gasteiger partial charge in [-0.15, -0.1) is 13.2 Å². The fourth-order valence-corrected chi connectivity index (χ4v) is 1.30. The molecule has 0 amide bonds. The van der Waals surface area contributed by atoms with Crippen LogP contribution >= 0.6 is 0 Å². The number of ketones is 1. The summed E-state index contributed by atoms with van der Waals surface area (Å²) in [6.45, 7) is -1.74. The number of alkyl halides is 5. The van der Waals surface area contributed by atoms with Crippen molar-refractivity contribution in [2.45, 2.75) is 26.3 Å². The van der Waals surface area contributed by atoms with Gasteiger partial charge in [-0.25, -0.2) is 0 Å². The number of ether oxygens (including phenoxy) is 2. The lowest BCUT2D eigenvalue weighted by Gasteiger charge is -2.12. The first-order valence-corrected chi connectivity index (χ1v) is 5.10. The minimum Gasteiger partial charge on any atom is -0.435 e. The van der Waals surface area contributed by atoms with Gasteiger partial charge in [0.05, 0.1) is 0 Å². The first-order chi connectivity index (χ1) is 8.71. The number of halogens is 5. The summed E-state index contributed by atoms with van der Waals surface area (Å²) in [5.74, 6) is -1.89. The second-order valence-corrected chi connectivity index (χ2v) is 3.40. The van der Waals surface area contributed by atoms with Gasteiger partial charge in [-0.3, -0.25) is 4.79 Å². The number of hydrogen-bond acceptors (Lipinski definition) is 3. The van der Waals surface area contributed by atoms with Crippen LogP contribution in [-0.4, -0.2) is 18.8 Å². The smallest absolute Gasteiger partial charge is 0.435 e. The molecule has 0 bridgehead atoms. The number of benzene rings is 1. The quantitative estimate of drug-likeness (QED) is 0.609. The van der Waals surface area contributed by atoms with Crippen LogP contribution in [0.25, 0.3) is 0 Å². The van der Waals surface area contributed by atoms with E-state index in [1.165, 1.54) is 6.92 Å². The van der Waals surface area contributed by atoms with E-state index in [0.29, 0.717) is 6.07 Å². The molecule has 0 aliphatic heterocycles. The lowest BCUT2D eigenvalue weighted by Crippen LogP contribution is -2.17. The van der Waals surface area contributed by atoms with Crippen LogP contribution in [0, 0.1) is 0 Å². The van der Waals surface area contributed by atoms with E-state index in [0.717, 1.165) is 12.1 Å². The zero-order chi connectivity index (χ0) is 14.6. The highest BCUT2D eigenvalue weighted by Crippen LogP contribution is 2.29. The first-order valence-electron chi connectivity index (χ1n) is 5.10. The summed E-state index contributed by atoms with van der Waals surface area (Å²) in [4.78, 5) is 11.4. The third-order valence-electron chi connectivity index (χ3n) is 1.98. The molecule has 0 saturated carbocycles. The highest BCUT2D eigenvalue weighted by Gasteiger charge is 2.31. The number of carbonyl (C=O) groups excluding carboxylic acids is 1. The van der Waals surface area contributed by atoms with Crippen LogP contribution in [0.3, 0.4) is 0 Å². The molecule has 1 rings (SSSR count). The maximum atomic E-state index is 12.1. The van der Waals surface area contributed by atoms with Gasteiger partial charge in [-0.2, -0.15) is 8.78 Å². The Balaban J connectivity index is 3.12. The minimum atomic E-state index is -4.99. The maximum absolute atomic E-state index is 12.1. The molecule has 0 spiro atoms. The van der Waals surface area contributed by atoms with Crippen molar-refractivity contribution in [3.8, 4) is 11.5 Å². The van der Waals surface area contributed by atoms with Crippen LogP contribution in [0.5, 0.6) is 11.5 Å². The van der Waals surface area contributed by atoms with Crippen LogP contribution in [0.4, 0.5) is 22.0 Å². The third-order valence-corrected chi connectivity index (χ3v) is 1.98. The minimum absolute atomic E-state index is 0.00356. The molecule has 0 aliphatic rings. The summed E-state index contributed by atoms with van der Waals surface area (Å²) in [6.07, 6.45) is -4.99. The largest absolute Gasteiger partial charge is 0.573 e. The van der Waals surface area contributed by atoms with Gasteiger partial charge in [-0.1, -0.05) is 6.92 Å². The topological polar surface area (TPSA) is 35.5 Å². The normalized spacial score (nSPS) is 11.5. The Kier molecular flexibility index (Phi) is 4.68. The SMILES string of the molecule is CCC(=O)c1cc(OC(F)F)cc(OC(F)(F)F)c1. The van der Waals surface area contributed by atoms with Gasteiger partial charge in [0, 0.05) is 18.1 Å².